The number of hydrogen-bond donors (Lipinski definition) is 0. The lowest BCUT2D eigenvalue weighted by Crippen LogP contribution is -2.25. The second-order valence-corrected chi connectivity index (χ2v) is 4.80. The molecule has 5 heteroatoms. The van der Waals surface area contributed by atoms with Crippen LogP contribution in [0.15, 0.2) is 24.3 Å². The second kappa shape index (κ2) is 10.3. The van der Waals surface area contributed by atoms with Crippen molar-refractivity contribution in [2.45, 2.75) is 26.1 Å². The molecule has 0 saturated carbocycles. The van der Waals surface area contributed by atoms with E-state index >= 15 is 0 Å². The maximum atomic E-state index is 10.9. The minimum absolute atomic E-state index is 0.176. The van der Waals surface area contributed by atoms with Crippen molar-refractivity contribution in [2.24, 2.45) is 5.92 Å². The minimum atomic E-state index is -0.182. The van der Waals surface area contributed by atoms with Crippen molar-refractivity contribution >= 4 is 6.29 Å². The van der Waals surface area contributed by atoms with Crippen molar-refractivity contribution in [1.82, 2.24) is 0 Å². The highest BCUT2D eigenvalue weighted by atomic mass is 16.7. The first-order chi connectivity index (χ1) is 10.2. The molecule has 0 heterocycles. The molecule has 1 rings (SSSR count). The molecule has 0 amide bonds. The molecule has 118 valence electrons. The third-order valence-electron chi connectivity index (χ3n) is 3.18. The Balaban J connectivity index is 2.30. The van der Waals surface area contributed by atoms with Crippen LogP contribution in [0.3, 0.4) is 0 Å². The molecule has 0 aromatic heterocycles. The monoisotopic (exact) mass is 296 g/mol. The van der Waals surface area contributed by atoms with Gasteiger partial charge in [0.25, 0.3) is 0 Å². The molecule has 0 unspecified atom stereocenters. The standard InChI is InChI=1S/C16H24O5/c1-13(10-17)16(21-12-18-2)8-9-20-11-14-4-6-15(19-3)7-5-14/h4-7,10,13,16H,8-9,11-12H2,1-3H3/t13-,16-/m1/s1. The van der Waals surface area contributed by atoms with Crippen LogP contribution in [0.1, 0.15) is 18.9 Å². The van der Waals surface area contributed by atoms with Crippen LogP contribution in [0.25, 0.3) is 0 Å². The van der Waals surface area contributed by atoms with Gasteiger partial charge in [-0.3, -0.25) is 0 Å². The summed E-state index contributed by atoms with van der Waals surface area (Å²) >= 11 is 0. The first kappa shape index (κ1) is 17.6. The fourth-order valence-corrected chi connectivity index (χ4v) is 1.85. The molecule has 0 aliphatic heterocycles. The van der Waals surface area contributed by atoms with Crippen LogP contribution in [-0.2, 0) is 25.6 Å². The molecule has 0 spiro atoms. The Morgan fingerprint density at radius 2 is 1.90 bits per heavy atom. The van der Waals surface area contributed by atoms with Gasteiger partial charge in [0.15, 0.2) is 0 Å². The van der Waals surface area contributed by atoms with Gasteiger partial charge in [0.1, 0.15) is 18.8 Å². The highest BCUT2D eigenvalue weighted by Gasteiger charge is 2.17. The zero-order chi connectivity index (χ0) is 15.5. The highest BCUT2D eigenvalue weighted by Crippen LogP contribution is 2.13. The molecule has 0 bridgehead atoms. The number of aldehydes is 1. The summed E-state index contributed by atoms with van der Waals surface area (Å²) in [6, 6.07) is 7.73. The highest BCUT2D eigenvalue weighted by molar-refractivity contribution is 5.53. The summed E-state index contributed by atoms with van der Waals surface area (Å²) in [5, 5.41) is 0. The van der Waals surface area contributed by atoms with Gasteiger partial charge < -0.3 is 23.7 Å². The molecule has 1 aromatic carbocycles. The van der Waals surface area contributed by atoms with E-state index in [1.807, 2.05) is 31.2 Å². The number of methoxy groups -OCH3 is 2. The van der Waals surface area contributed by atoms with Gasteiger partial charge in [0.2, 0.25) is 0 Å². The summed E-state index contributed by atoms with van der Waals surface area (Å²) in [5.41, 5.74) is 1.08. The molecule has 0 fully saturated rings. The average molecular weight is 296 g/mol. The Bertz CT molecular complexity index is 390. The van der Waals surface area contributed by atoms with Gasteiger partial charge >= 0.3 is 0 Å². The van der Waals surface area contributed by atoms with E-state index in [0.29, 0.717) is 19.6 Å². The van der Waals surface area contributed by atoms with Crippen LogP contribution >= 0.6 is 0 Å². The van der Waals surface area contributed by atoms with Crippen molar-refractivity contribution in [1.29, 1.82) is 0 Å². The van der Waals surface area contributed by atoms with Crippen molar-refractivity contribution in [3.63, 3.8) is 0 Å². The Morgan fingerprint density at radius 1 is 1.19 bits per heavy atom. The smallest absolute Gasteiger partial charge is 0.146 e. The number of carbonyl (C=O) groups excluding carboxylic acids is 1. The zero-order valence-electron chi connectivity index (χ0n) is 12.9. The van der Waals surface area contributed by atoms with Gasteiger partial charge in [0, 0.05) is 19.6 Å². The molecule has 1 aromatic rings. The van der Waals surface area contributed by atoms with Crippen LogP contribution in [0.4, 0.5) is 0 Å². The fourth-order valence-electron chi connectivity index (χ4n) is 1.85. The molecular weight excluding hydrogens is 272 g/mol. The fraction of sp³-hybridized carbons (Fsp3) is 0.562. The van der Waals surface area contributed by atoms with E-state index in [1.54, 1.807) is 14.2 Å². The largest absolute Gasteiger partial charge is 0.497 e. The van der Waals surface area contributed by atoms with E-state index in [2.05, 4.69) is 0 Å². The SMILES string of the molecule is COCO[C@H](CCOCc1ccc(OC)cc1)[C@H](C)C=O. The summed E-state index contributed by atoms with van der Waals surface area (Å²) < 4.78 is 21.1. The van der Waals surface area contributed by atoms with Gasteiger partial charge in [-0.1, -0.05) is 19.1 Å². The van der Waals surface area contributed by atoms with Crippen LogP contribution in [-0.4, -0.2) is 40.0 Å². The Kier molecular flexibility index (Phi) is 8.66. The van der Waals surface area contributed by atoms with E-state index < -0.39 is 0 Å². The molecule has 0 aliphatic rings. The van der Waals surface area contributed by atoms with Crippen LogP contribution in [0.2, 0.25) is 0 Å². The lowest BCUT2D eigenvalue weighted by atomic mass is 10.0. The van der Waals surface area contributed by atoms with Crippen molar-refractivity contribution in [2.75, 3.05) is 27.6 Å². The third kappa shape index (κ3) is 6.71. The maximum absolute atomic E-state index is 10.9. The van der Waals surface area contributed by atoms with Gasteiger partial charge in [-0.15, -0.1) is 0 Å². The molecule has 0 radical (unpaired) electrons. The second-order valence-electron chi connectivity index (χ2n) is 4.80. The molecular formula is C16H24O5. The van der Waals surface area contributed by atoms with E-state index in [9.17, 15) is 4.79 Å². The molecule has 2 atom stereocenters. The number of benzene rings is 1. The minimum Gasteiger partial charge on any atom is -0.497 e. The Labute approximate surface area is 126 Å². The summed E-state index contributed by atoms with van der Waals surface area (Å²) in [6.45, 7) is 3.06. The predicted molar refractivity (Wildman–Crippen MR) is 79.2 cm³/mol. The maximum Gasteiger partial charge on any atom is 0.146 e. The lowest BCUT2D eigenvalue weighted by Gasteiger charge is -2.20. The molecule has 21 heavy (non-hydrogen) atoms. The first-order valence-corrected chi connectivity index (χ1v) is 6.97. The average Bonchev–Trinajstić information content (AvgIpc) is 2.54. The van der Waals surface area contributed by atoms with E-state index in [1.165, 1.54) is 0 Å². The van der Waals surface area contributed by atoms with Gasteiger partial charge in [-0.25, -0.2) is 0 Å². The lowest BCUT2D eigenvalue weighted by molar-refractivity contribution is -0.125. The Morgan fingerprint density at radius 3 is 2.48 bits per heavy atom. The number of rotatable bonds is 11. The van der Waals surface area contributed by atoms with Crippen molar-refractivity contribution in [3.05, 3.63) is 29.8 Å². The van der Waals surface area contributed by atoms with Gasteiger partial charge in [0.05, 0.1) is 19.8 Å². The summed E-state index contributed by atoms with van der Waals surface area (Å²) in [6.07, 6.45) is 1.36. The van der Waals surface area contributed by atoms with E-state index in [0.717, 1.165) is 17.6 Å². The molecule has 0 N–H and O–H groups in total. The number of hydrogen-bond acceptors (Lipinski definition) is 5. The third-order valence-corrected chi connectivity index (χ3v) is 3.18. The summed E-state index contributed by atoms with van der Waals surface area (Å²) in [4.78, 5) is 10.9. The van der Waals surface area contributed by atoms with Crippen molar-refractivity contribution in [3.8, 4) is 5.75 Å². The number of carbonyl (C=O) groups is 1. The molecule has 5 nitrogen and oxygen atoms in total. The Hall–Kier alpha value is -1.43. The van der Waals surface area contributed by atoms with Crippen LogP contribution in [0, 0.1) is 5.92 Å². The summed E-state index contributed by atoms with van der Waals surface area (Å²) in [5.74, 6) is 0.649. The van der Waals surface area contributed by atoms with E-state index in [-0.39, 0.29) is 18.8 Å². The van der Waals surface area contributed by atoms with Crippen molar-refractivity contribution < 1.29 is 23.7 Å². The van der Waals surface area contributed by atoms with E-state index in [4.69, 9.17) is 18.9 Å². The van der Waals surface area contributed by atoms with Gasteiger partial charge in [-0.05, 0) is 24.1 Å². The predicted octanol–water partition coefficient (Wildman–Crippen LogP) is 2.43. The molecule has 0 aliphatic carbocycles. The summed E-state index contributed by atoms with van der Waals surface area (Å²) in [7, 11) is 3.20. The topological polar surface area (TPSA) is 54.0 Å². The van der Waals surface area contributed by atoms with Gasteiger partial charge in [-0.2, -0.15) is 0 Å². The van der Waals surface area contributed by atoms with Crippen LogP contribution < -0.4 is 4.74 Å². The normalized spacial score (nSPS) is 13.7. The van der Waals surface area contributed by atoms with Crippen LogP contribution in [0.5, 0.6) is 5.75 Å². The number of ether oxygens (including phenoxy) is 4. The first-order valence-electron chi connectivity index (χ1n) is 6.97. The quantitative estimate of drug-likeness (QED) is 0.356. The zero-order valence-corrected chi connectivity index (χ0v) is 12.9. The molecule has 0 saturated heterocycles.